The van der Waals surface area contributed by atoms with Crippen LogP contribution in [0.5, 0.6) is 0 Å². The van der Waals surface area contributed by atoms with Gasteiger partial charge in [0.2, 0.25) is 0 Å². The number of aryl methyl sites for hydroxylation is 1. The van der Waals surface area contributed by atoms with Crippen LogP contribution < -0.4 is 0 Å². The van der Waals surface area contributed by atoms with Crippen LogP contribution in [-0.2, 0) is 19.6 Å². The molecule has 2 N–H and O–H groups in total. The minimum Gasteiger partial charge on any atom is -0.386 e. The quantitative estimate of drug-likeness (QED) is 0.756. The highest BCUT2D eigenvalue weighted by Gasteiger charge is 2.29. The smallest absolute Gasteiger partial charge is 0.101 e. The van der Waals surface area contributed by atoms with Gasteiger partial charge in [-0.2, -0.15) is 5.10 Å². The van der Waals surface area contributed by atoms with Crippen molar-refractivity contribution < 1.29 is 5.11 Å². The van der Waals surface area contributed by atoms with E-state index in [1.165, 1.54) is 28.6 Å². The second kappa shape index (κ2) is 6.56. The predicted molar refractivity (Wildman–Crippen MR) is 102 cm³/mol. The summed E-state index contributed by atoms with van der Waals surface area (Å²) >= 11 is 0. The van der Waals surface area contributed by atoms with Crippen molar-refractivity contribution in [2.45, 2.75) is 51.4 Å². The van der Waals surface area contributed by atoms with E-state index in [1.807, 2.05) is 6.20 Å². The van der Waals surface area contributed by atoms with E-state index in [1.54, 1.807) is 0 Å². The largest absolute Gasteiger partial charge is 0.386 e. The summed E-state index contributed by atoms with van der Waals surface area (Å²) in [4.78, 5) is 5.88. The number of aliphatic hydroxyl groups is 1. The number of nitrogens with zero attached hydrogens (tertiary/aromatic N) is 3. The van der Waals surface area contributed by atoms with E-state index in [0.717, 1.165) is 51.1 Å². The van der Waals surface area contributed by atoms with Crippen molar-refractivity contribution in [3.8, 4) is 0 Å². The topological polar surface area (TPSA) is 57.1 Å². The molecule has 2 aliphatic rings. The first kappa shape index (κ1) is 16.1. The second-order valence-electron chi connectivity index (χ2n) is 7.84. The van der Waals surface area contributed by atoms with Crippen LogP contribution in [0.4, 0.5) is 0 Å². The van der Waals surface area contributed by atoms with Crippen molar-refractivity contribution in [1.29, 1.82) is 0 Å². The summed E-state index contributed by atoms with van der Waals surface area (Å²) in [6, 6.07) is 10.8. The Morgan fingerprint density at radius 2 is 2.12 bits per heavy atom. The van der Waals surface area contributed by atoms with Crippen LogP contribution in [0.15, 0.2) is 36.5 Å². The molecule has 1 unspecified atom stereocenters. The molecule has 0 saturated heterocycles. The third-order valence-corrected chi connectivity index (χ3v) is 6.08. The van der Waals surface area contributed by atoms with Gasteiger partial charge < -0.3 is 10.1 Å². The van der Waals surface area contributed by atoms with E-state index in [9.17, 15) is 5.11 Å². The zero-order valence-electron chi connectivity index (χ0n) is 15.1. The summed E-state index contributed by atoms with van der Waals surface area (Å²) in [5.74, 6) is 0.413. The summed E-state index contributed by atoms with van der Waals surface area (Å²) in [6.45, 7) is 3.84. The number of benzene rings is 1. The van der Waals surface area contributed by atoms with E-state index in [0.29, 0.717) is 5.92 Å². The van der Waals surface area contributed by atoms with Gasteiger partial charge in [-0.25, -0.2) is 0 Å². The Labute approximate surface area is 153 Å². The van der Waals surface area contributed by atoms with Gasteiger partial charge in [0.15, 0.2) is 0 Å². The summed E-state index contributed by atoms with van der Waals surface area (Å²) in [5, 5.41) is 16.6. The number of hydrogen-bond acceptors (Lipinski definition) is 3. The lowest BCUT2D eigenvalue weighted by Gasteiger charge is -2.29. The monoisotopic (exact) mass is 350 g/mol. The normalized spacial score (nSPS) is 19.9. The van der Waals surface area contributed by atoms with Gasteiger partial charge in [-0.3, -0.25) is 9.58 Å². The van der Waals surface area contributed by atoms with Crippen LogP contribution in [0, 0.1) is 5.92 Å². The van der Waals surface area contributed by atoms with E-state index >= 15 is 0 Å². The van der Waals surface area contributed by atoms with Crippen molar-refractivity contribution in [1.82, 2.24) is 19.7 Å². The number of aliphatic hydroxyl groups excluding tert-OH is 1. The first-order valence-corrected chi connectivity index (χ1v) is 9.80. The molecule has 0 radical (unpaired) electrons. The fraction of sp³-hybridized carbons (Fsp3) is 0.476. The van der Waals surface area contributed by atoms with E-state index in [2.05, 4.69) is 44.9 Å². The number of hydrogen-bond donors (Lipinski definition) is 2. The lowest BCUT2D eigenvalue weighted by atomic mass is 9.80. The number of rotatable bonds is 4. The standard InChI is InChI=1S/C21H26N4O/c26-21(16-5-2-6-16)19-12-18-14-24(10-3-11-25(18)23-19)13-17-7-1-4-15-8-9-22-20(15)17/h1,4,7-9,12,16,21-22,26H,2-3,5-6,10-11,13-14H2. The van der Waals surface area contributed by atoms with Crippen molar-refractivity contribution in [3.05, 3.63) is 53.5 Å². The van der Waals surface area contributed by atoms with Gasteiger partial charge in [0.25, 0.3) is 0 Å². The fourth-order valence-electron chi connectivity index (χ4n) is 4.35. The summed E-state index contributed by atoms with van der Waals surface area (Å²) in [7, 11) is 0. The second-order valence-corrected chi connectivity index (χ2v) is 7.84. The number of aromatic amines is 1. The first-order chi connectivity index (χ1) is 12.8. The fourth-order valence-corrected chi connectivity index (χ4v) is 4.35. The van der Waals surface area contributed by atoms with Gasteiger partial charge in [-0.05, 0) is 48.3 Å². The van der Waals surface area contributed by atoms with Crippen molar-refractivity contribution in [2.75, 3.05) is 6.54 Å². The van der Waals surface area contributed by atoms with Crippen LogP contribution in [-0.4, -0.2) is 31.3 Å². The highest BCUT2D eigenvalue weighted by Crippen LogP contribution is 2.37. The highest BCUT2D eigenvalue weighted by atomic mass is 16.3. The maximum Gasteiger partial charge on any atom is 0.101 e. The van der Waals surface area contributed by atoms with Crippen LogP contribution in [0.1, 0.15) is 48.7 Å². The predicted octanol–water partition coefficient (Wildman–Crippen LogP) is 3.60. The molecule has 5 heteroatoms. The highest BCUT2D eigenvalue weighted by molar-refractivity contribution is 5.82. The Hall–Kier alpha value is -2.11. The van der Waals surface area contributed by atoms with Crippen molar-refractivity contribution in [3.63, 3.8) is 0 Å². The van der Waals surface area contributed by atoms with Gasteiger partial charge in [-0.15, -0.1) is 0 Å². The molecule has 1 fully saturated rings. The summed E-state index contributed by atoms with van der Waals surface area (Å²) < 4.78 is 2.12. The van der Waals surface area contributed by atoms with Crippen LogP contribution in [0.2, 0.25) is 0 Å². The lowest BCUT2D eigenvalue weighted by Crippen LogP contribution is -2.23. The lowest BCUT2D eigenvalue weighted by molar-refractivity contribution is 0.0581. The molecule has 0 amide bonds. The molecule has 26 heavy (non-hydrogen) atoms. The number of para-hydroxylation sites is 1. The molecule has 1 aliphatic heterocycles. The van der Waals surface area contributed by atoms with Crippen molar-refractivity contribution in [2.24, 2.45) is 5.92 Å². The zero-order valence-corrected chi connectivity index (χ0v) is 15.1. The van der Waals surface area contributed by atoms with Gasteiger partial charge in [0, 0.05) is 37.9 Å². The van der Waals surface area contributed by atoms with Gasteiger partial charge >= 0.3 is 0 Å². The molecule has 1 aliphatic carbocycles. The van der Waals surface area contributed by atoms with Gasteiger partial charge in [0.05, 0.1) is 11.4 Å². The molecule has 136 valence electrons. The third-order valence-electron chi connectivity index (χ3n) is 6.08. The Kier molecular flexibility index (Phi) is 4.06. The average Bonchev–Trinajstić information content (AvgIpc) is 3.17. The Morgan fingerprint density at radius 3 is 2.96 bits per heavy atom. The third kappa shape index (κ3) is 2.85. The van der Waals surface area contributed by atoms with Crippen LogP contribution in [0.3, 0.4) is 0 Å². The van der Waals surface area contributed by atoms with E-state index in [4.69, 9.17) is 5.10 Å². The number of H-pyrrole nitrogens is 1. The molecule has 5 nitrogen and oxygen atoms in total. The molecule has 3 heterocycles. The zero-order chi connectivity index (χ0) is 17.5. The van der Waals surface area contributed by atoms with Gasteiger partial charge in [0.1, 0.15) is 6.10 Å². The molecular weight excluding hydrogens is 324 g/mol. The maximum absolute atomic E-state index is 10.6. The minimum absolute atomic E-state index is 0.385. The molecule has 1 aromatic carbocycles. The molecule has 3 aromatic rings. The van der Waals surface area contributed by atoms with Crippen LogP contribution >= 0.6 is 0 Å². The SMILES string of the molecule is OC(c1cc2n(n1)CCCN(Cc1cccc3cc[nH]c13)C2)C1CCC1. The average molecular weight is 350 g/mol. The van der Waals surface area contributed by atoms with Gasteiger partial charge in [-0.1, -0.05) is 24.6 Å². The Morgan fingerprint density at radius 1 is 1.19 bits per heavy atom. The number of fused-ring (bicyclic) bond motifs is 2. The number of nitrogens with one attached hydrogen (secondary N) is 1. The molecule has 2 aromatic heterocycles. The first-order valence-electron chi connectivity index (χ1n) is 9.80. The van der Waals surface area contributed by atoms with E-state index in [-0.39, 0.29) is 6.10 Å². The van der Waals surface area contributed by atoms with E-state index < -0.39 is 0 Å². The van der Waals surface area contributed by atoms with Crippen molar-refractivity contribution >= 4 is 10.9 Å². The molecule has 1 saturated carbocycles. The molecular formula is C21H26N4O. The Balaban J connectivity index is 1.36. The maximum atomic E-state index is 10.6. The summed E-state index contributed by atoms with van der Waals surface area (Å²) in [6.07, 6.45) is 6.23. The Bertz CT molecular complexity index is 908. The molecule has 0 bridgehead atoms. The number of aromatic nitrogens is 3. The minimum atomic E-state index is -0.385. The molecule has 5 rings (SSSR count). The molecule has 1 atom stereocenters. The summed E-state index contributed by atoms with van der Waals surface area (Å²) in [5.41, 5.74) is 4.69. The molecule has 0 spiro atoms. The van der Waals surface area contributed by atoms with Crippen LogP contribution in [0.25, 0.3) is 10.9 Å².